The quantitative estimate of drug-likeness (QED) is 0.849. The molecule has 0 spiro atoms. The molecule has 1 fully saturated rings. The smallest absolute Gasteiger partial charge is 0.271 e. The fraction of sp³-hybridized carbons (Fsp3) is 0.438. The van der Waals surface area contributed by atoms with Crippen LogP contribution in [0.2, 0.25) is 0 Å². The minimum atomic E-state index is -0.140. The standard InChI is InChI=1S/C16H21N5O2/c1-17-15(22)11-20-8-5-12(6-9-20)18-16(23)13-10-21-7-3-2-4-14(21)19-13/h2-4,7,10,12H,5-6,8-9,11H2,1H3,(H,17,22)(H,18,23). The van der Waals surface area contributed by atoms with Crippen LogP contribution in [-0.4, -0.2) is 58.8 Å². The highest BCUT2D eigenvalue weighted by Gasteiger charge is 2.23. The molecule has 0 unspecified atom stereocenters. The number of likely N-dealkylation sites (tertiary alicyclic amines) is 1. The first kappa shape index (κ1) is 15.5. The van der Waals surface area contributed by atoms with Crippen LogP contribution in [0.5, 0.6) is 0 Å². The van der Waals surface area contributed by atoms with Crippen LogP contribution in [0, 0.1) is 0 Å². The van der Waals surface area contributed by atoms with Crippen LogP contribution in [0.25, 0.3) is 5.65 Å². The molecule has 2 aromatic heterocycles. The first-order valence-electron chi connectivity index (χ1n) is 7.83. The van der Waals surface area contributed by atoms with E-state index < -0.39 is 0 Å². The van der Waals surface area contributed by atoms with E-state index in [9.17, 15) is 9.59 Å². The number of imidazole rings is 1. The largest absolute Gasteiger partial charge is 0.358 e. The van der Waals surface area contributed by atoms with Crippen LogP contribution in [0.1, 0.15) is 23.3 Å². The maximum Gasteiger partial charge on any atom is 0.271 e. The van der Waals surface area contributed by atoms with Crippen LogP contribution >= 0.6 is 0 Å². The molecule has 7 heteroatoms. The number of hydrogen-bond acceptors (Lipinski definition) is 4. The van der Waals surface area contributed by atoms with Gasteiger partial charge in [-0.05, 0) is 25.0 Å². The minimum Gasteiger partial charge on any atom is -0.358 e. The Labute approximate surface area is 134 Å². The maximum atomic E-state index is 12.3. The van der Waals surface area contributed by atoms with Crippen LogP contribution in [-0.2, 0) is 4.79 Å². The molecule has 2 aromatic rings. The van der Waals surface area contributed by atoms with E-state index in [1.165, 1.54) is 0 Å². The normalized spacial score (nSPS) is 16.4. The van der Waals surface area contributed by atoms with Gasteiger partial charge in [0.15, 0.2) is 0 Å². The fourth-order valence-electron chi connectivity index (χ4n) is 2.82. The SMILES string of the molecule is CNC(=O)CN1CCC(NC(=O)c2cn3ccccc3n2)CC1. The predicted molar refractivity (Wildman–Crippen MR) is 86.2 cm³/mol. The van der Waals surface area contributed by atoms with Gasteiger partial charge in [-0.25, -0.2) is 4.98 Å². The zero-order valence-electron chi connectivity index (χ0n) is 13.2. The molecule has 1 aliphatic heterocycles. The second-order valence-corrected chi connectivity index (χ2v) is 5.79. The number of fused-ring (bicyclic) bond motifs is 1. The molecule has 2 amide bonds. The summed E-state index contributed by atoms with van der Waals surface area (Å²) in [7, 11) is 1.64. The van der Waals surface area contributed by atoms with Crippen LogP contribution in [0.15, 0.2) is 30.6 Å². The van der Waals surface area contributed by atoms with Crippen molar-refractivity contribution in [2.24, 2.45) is 0 Å². The Hall–Kier alpha value is -2.41. The number of piperidine rings is 1. The summed E-state index contributed by atoms with van der Waals surface area (Å²) >= 11 is 0. The third kappa shape index (κ3) is 3.68. The van der Waals surface area contributed by atoms with Gasteiger partial charge in [-0.15, -0.1) is 0 Å². The van der Waals surface area contributed by atoms with Gasteiger partial charge in [-0.2, -0.15) is 0 Å². The van der Waals surface area contributed by atoms with E-state index in [4.69, 9.17) is 0 Å². The van der Waals surface area contributed by atoms with Gasteiger partial charge in [0.2, 0.25) is 5.91 Å². The van der Waals surface area contributed by atoms with E-state index in [2.05, 4.69) is 20.5 Å². The molecule has 1 aliphatic rings. The molecule has 3 rings (SSSR count). The van der Waals surface area contributed by atoms with Crippen LogP contribution in [0.3, 0.4) is 0 Å². The fourth-order valence-corrected chi connectivity index (χ4v) is 2.82. The number of nitrogens with zero attached hydrogens (tertiary/aromatic N) is 3. The molecule has 1 saturated heterocycles. The van der Waals surface area contributed by atoms with Gasteiger partial charge in [0.25, 0.3) is 5.91 Å². The topological polar surface area (TPSA) is 78.7 Å². The summed E-state index contributed by atoms with van der Waals surface area (Å²) in [5.41, 5.74) is 1.20. The van der Waals surface area contributed by atoms with Gasteiger partial charge in [0, 0.05) is 38.6 Å². The summed E-state index contributed by atoms with van der Waals surface area (Å²) < 4.78 is 1.83. The van der Waals surface area contributed by atoms with Crippen molar-refractivity contribution in [2.45, 2.75) is 18.9 Å². The van der Waals surface area contributed by atoms with Crippen molar-refractivity contribution in [3.63, 3.8) is 0 Å². The summed E-state index contributed by atoms with van der Waals surface area (Å²) in [6.07, 6.45) is 5.30. The summed E-state index contributed by atoms with van der Waals surface area (Å²) in [5, 5.41) is 5.67. The van der Waals surface area contributed by atoms with Gasteiger partial charge in [0.05, 0.1) is 6.54 Å². The molecular formula is C16H21N5O2. The second kappa shape index (κ2) is 6.78. The third-order valence-electron chi connectivity index (χ3n) is 4.17. The van der Waals surface area contributed by atoms with E-state index in [0.29, 0.717) is 12.2 Å². The second-order valence-electron chi connectivity index (χ2n) is 5.79. The summed E-state index contributed by atoms with van der Waals surface area (Å²) in [5.74, 6) is -0.115. The molecule has 0 atom stereocenters. The molecule has 23 heavy (non-hydrogen) atoms. The third-order valence-corrected chi connectivity index (χ3v) is 4.17. The first-order chi connectivity index (χ1) is 11.2. The van der Waals surface area contributed by atoms with E-state index in [-0.39, 0.29) is 17.9 Å². The Morgan fingerprint density at radius 2 is 2.09 bits per heavy atom. The van der Waals surface area contributed by atoms with Crippen molar-refractivity contribution >= 4 is 17.5 Å². The number of nitrogens with one attached hydrogen (secondary N) is 2. The highest BCUT2D eigenvalue weighted by atomic mass is 16.2. The maximum absolute atomic E-state index is 12.3. The number of amides is 2. The van der Waals surface area contributed by atoms with E-state index in [1.807, 2.05) is 28.8 Å². The Morgan fingerprint density at radius 1 is 1.30 bits per heavy atom. The zero-order chi connectivity index (χ0) is 16.2. The van der Waals surface area contributed by atoms with Crippen LogP contribution < -0.4 is 10.6 Å². The number of likely N-dealkylation sites (N-methyl/N-ethyl adjacent to an activating group) is 1. The average molecular weight is 315 g/mol. The van der Waals surface area contributed by atoms with Gasteiger partial charge in [-0.3, -0.25) is 14.5 Å². The molecule has 7 nitrogen and oxygen atoms in total. The minimum absolute atomic E-state index is 0.0252. The van der Waals surface area contributed by atoms with E-state index in [1.54, 1.807) is 13.2 Å². The zero-order valence-corrected chi connectivity index (χ0v) is 13.2. The lowest BCUT2D eigenvalue weighted by Crippen LogP contribution is -2.47. The molecule has 2 N–H and O–H groups in total. The molecule has 3 heterocycles. The number of carbonyl (C=O) groups excluding carboxylic acids is 2. The van der Waals surface area contributed by atoms with Gasteiger partial charge in [-0.1, -0.05) is 6.07 Å². The van der Waals surface area contributed by atoms with Crippen molar-refractivity contribution in [2.75, 3.05) is 26.7 Å². The molecule has 0 aliphatic carbocycles. The van der Waals surface area contributed by atoms with Crippen molar-refractivity contribution in [1.29, 1.82) is 0 Å². The number of carbonyl (C=O) groups is 2. The lowest BCUT2D eigenvalue weighted by atomic mass is 10.0. The van der Waals surface area contributed by atoms with Crippen LogP contribution in [0.4, 0.5) is 0 Å². The Bertz CT molecular complexity index is 670. The Balaban J connectivity index is 1.54. The average Bonchev–Trinajstić information content (AvgIpc) is 3.00. The van der Waals surface area contributed by atoms with Gasteiger partial charge in [0.1, 0.15) is 11.3 Å². The van der Waals surface area contributed by atoms with Gasteiger partial charge < -0.3 is 15.0 Å². The summed E-state index contributed by atoms with van der Waals surface area (Å²) in [6.45, 7) is 2.04. The van der Waals surface area contributed by atoms with E-state index >= 15 is 0 Å². The number of pyridine rings is 1. The van der Waals surface area contributed by atoms with Gasteiger partial charge >= 0.3 is 0 Å². The molecule has 0 radical (unpaired) electrons. The first-order valence-corrected chi connectivity index (χ1v) is 7.83. The van der Waals surface area contributed by atoms with Crippen molar-refractivity contribution in [1.82, 2.24) is 24.9 Å². The summed E-state index contributed by atoms with van der Waals surface area (Å²) in [6, 6.07) is 5.80. The number of rotatable bonds is 4. The van der Waals surface area contributed by atoms with Crippen molar-refractivity contribution in [3.8, 4) is 0 Å². The molecular weight excluding hydrogens is 294 g/mol. The predicted octanol–water partition coefficient (Wildman–Crippen LogP) is 0.275. The molecule has 122 valence electrons. The number of hydrogen-bond donors (Lipinski definition) is 2. The lowest BCUT2D eigenvalue weighted by molar-refractivity contribution is -0.122. The molecule has 0 aromatic carbocycles. The Kier molecular flexibility index (Phi) is 4.57. The highest BCUT2D eigenvalue weighted by Crippen LogP contribution is 2.11. The number of aromatic nitrogens is 2. The Morgan fingerprint density at radius 3 is 2.78 bits per heavy atom. The van der Waals surface area contributed by atoms with E-state index in [0.717, 1.165) is 31.6 Å². The monoisotopic (exact) mass is 315 g/mol. The van der Waals surface area contributed by atoms with Crippen molar-refractivity contribution < 1.29 is 9.59 Å². The summed E-state index contributed by atoms with van der Waals surface area (Å²) in [4.78, 5) is 30.1. The molecule has 0 bridgehead atoms. The highest BCUT2D eigenvalue weighted by molar-refractivity contribution is 5.93. The van der Waals surface area contributed by atoms with Crippen molar-refractivity contribution in [3.05, 3.63) is 36.3 Å². The lowest BCUT2D eigenvalue weighted by Gasteiger charge is -2.31. The molecule has 0 saturated carbocycles.